The van der Waals surface area contributed by atoms with Gasteiger partial charge in [-0.1, -0.05) is 36.4 Å². The molecule has 0 atom stereocenters. The van der Waals surface area contributed by atoms with Gasteiger partial charge in [0.15, 0.2) is 0 Å². The molecule has 0 heterocycles. The highest BCUT2D eigenvalue weighted by Crippen LogP contribution is 2.41. The Morgan fingerprint density at radius 2 is 1.81 bits per heavy atom. The second kappa shape index (κ2) is 5.55. The smallest absolute Gasteiger partial charge is 0.0775 e. The third-order valence-corrected chi connectivity index (χ3v) is 5.99. The van der Waals surface area contributed by atoms with Gasteiger partial charge in [0.25, 0.3) is 0 Å². The molecule has 0 amide bonds. The SMILES string of the molecule is CC(C)C1CCC(CI)(OC2CCC2)CC1. The quantitative estimate of drug-likeness (QED) is 0.540. The minimum atomic E-state index is 0.247. The maximum Gasteiger partial charge on any atom is 0.0775 e. The zero-order valence-corrected chi connectivity index (χ0v) is 12.8. The van der Waals surface area contributed by atoms with Crippen LogP contribution in [-0.2, 0) is 4.74 Å². The second-order valence-corrected chi connectivity index (χ2v) is 6.83. The van der Waals surface area contributed by atoms with Crippen molar-refractivity contribution < 1.29 is 4.74 Å². The van der Waals surface area contributed by atoms with Gasteiger partial charge in [0.1, 0.15) is 0 Å². The van der Waals surface area contributed by atoms with Crippen molar-refractivity contribution in [3.05, 3.63) is 0 Å². The average Bonchev–Trinajstić information content (AvgIpc) is 2.24. The van der Waals surface area contributed by atoms with E-state index < -0.39 is 0 Å². The van der Waals surface area contributed by atoms with Crippen LogP contribution >= 0.6 is 22.6 Å². The van der Waals surface area contributed by atoms with Gasteiger partial charge in [-0.05, 0) is 56.8 Å². The summed E-state index contributed by atoms with van der Waals surface area (Å²) in [6.07, 6.45) is 9.98. The lowest BCUT2D eigenvalue weighted by molar-refractivity contribution is -0.129. The second-order valence-electron chi connectivity index (χ2n) is 6.07. The van der Waals surface area contributed by atoms with E-state index in [1.807, 2.05) is 0 Å². The Labute approximate surface area is 114 Å². The van der Waals surface area contributed by atoms with E-state index in [1.54, 1.807) is 0 Å². The largest absolute Gasteiger partial charge is 0.371 e. The van der Waals surface area contributed by atoms with Crippen molar-refractivity contribution in [3.63, 3.8) is 0 Å². The standard InChI is InChI=1S/C14H25IO/c1-11(2)12-6-8-14(10-15,9-7-12)16-13-4-3-5-13/h11-13H,3-10H2,1-2H3. The lowest BCUT2D eigenvalue weighted by Gasteiger charge is -2.44. The zero-order chi connectivity index (χ0) is 11.6. The molecule has 94 valence electrons. The monoisotopic (exact) mass is 336 g/mol. The topological polar surface area (TPSA) is 9.23 Å². The summed E-state index contributed by atoms with van der Waals surface area (Å²) in [4.78, 5) is 0. The molecule has 0 aromatic rings. The molecule has 0 N–H and O–H groups in total. The van der Waals surface area contributed by atoms with Crippen molar-refractivity contribution >= 4 is 22.6 Å². The minimum Gasteiger partial charge on any atom is -0.371 e. The highest BCUT2D eigenvalue weighted by Gasteiger charge is 2.39. The molecule has 0 bridgehead atoms. The molecule has 0 aliphatic heterocycles. The summed E-state index contributed by atoms with van der Waals surface area (Å²) in [6.45, 7) is 4.74. The number of alkyl halides is 1. The van der Waals surface area contributed by atoms with Crippen LogP contribution in [-0.4, -0.2) is 16.1 Å². The highest BCUT2D eigenvalue weighted by molar-refractivity contribution is 14.1. The molecule has 2 aliphatic rings. The molecule has 2 saturated carbocycles. The first-order chi connectivity index (χ1) is 7.65. The van der Waals surface area contributed by atoms with E-state index in [0.717, 1.165) is 11.8 Å². The molecule has 2 aliphatic carbocycles. The van der Waals surface area contributed by atoms with Gasteiger partial charge in [-0.3, -0.25) is 0 Å². The van der Waals surface area contributed by atoms with Gasteiger partial charge in [0.05, 0.1) is 11.7 Å². The van der Waals surface area contributed by atoms with Crippen LogP contribution < -0.4 is 0 Å². The molecular weight excluding hydrogens is 311 g/mol. The molecule has 2 rings (SSSR count). The summed E-state index contributed by atoms with van der Waals surface area (Å²) < 4.78 is 7.57. The van der Waals surface area contributed by atoms with Crippen molar-refractivity contribution in [3.8, 4) is 0 Å². The van der Waals surface area contributed by atoms with Crippen LogP contribution in [0.4, 0.5) is 0 Å². The fraction of sp³-hybridized carbons (Fsp3) is 1.00. The minimum absolute atomic E-state index is 0.247. The number of halogens is 1. The Kier molecular flexibility index (Phi) is 4.56. The van der Waals surface area contributed by atoms with Crippen molar-refractivity contribution in [2.24, 2.45) is 11.8 Å². The van der Waals surface area contributed by atoms with Crippen molar-refractivity contribution in [2.45, 2.75) is 70.5 Å². The third-order valence-electron chi connectivity index (χ3n) is 4.60. The molecule has 2 heteroatoms. The molecule has 0 radical (unpaired) electrons. The van der Waals surface area contributed by atoms with E-state index in [1.165, 1.54) is 49.4 Å². The van der Waals surface area contributed by atoms with Gasteiger partial charge >= 0.3 is 0 Å². The predicted molar refractivity (Wildman–Crippen MR) is 77.1 cm³/mol. The van der Waals surface area contributed by atoms with Crippen molar-refractivity contribution in [1.82, 2.24) is 0 Å². The zero-order valence-electron chi connectivity index (χ0n) is 10.7. The highest BCUT2D eigenvalue weighted by atomic mass is 127. The van der Waals surface area contributed by atoms with Crippen molar-refractivity contribution in [2.75, 3.05) is 4.43 Å². The fourth-order valence-corrected chi connectivity index (χ4v) is 3.90. The van der Waals surface area contributed by atoms with Gasteiger partial charge < -0.3 is 4.74 Å². The van der Waals surface area contributed by atoms with E-state index in [2.05, 4.69) is 36.4 Å². The van der Waals surface area contributed by atoms with Gasteiger partial charge in [-0.25, -0.2) is 0 Å². The summed E-state index contributed by atoms with van der Waals surface area (Å²) in [5.41, 5.74) is 0.247. The Morgan fingerprint density at radius 3 is 2.19 bits per heavy atom. The molecule has 0 saturated heterocycles. The Morgan fingerprint density at radius 1 is 1.19 bits per heavy atom. The Balaban J connectivity index is 1.86. The van der Waals surface area contributed by atoms with E-state index in [9.17, 15) is 0 Å². The first kappa shape index (κ1) is 13.1. The van der Waals surface area contributed by atoms with Crippen LogP contribution in [0.15, 0.2) is 0 Å². The predicted octanol–water partition coefficient (Wildman–Crippen LogP) is 4.58. The van der Waals surface area contributed by atoms with E-state index in [-0.39, 0.29) is 5.60 Å². The first-order valence-corrected chi connectivity index (χ1v) is 8.41. The van der Waals surface area contributed by atoms with Crippen LogP contribution in [0.3, 0.4) is 0 Å². The van der Waals surface area contributed by atoms with Crippen LogP contribution in [0.2, 0.25) is 0 Å². The molecule has 0 aromatic heterocycles. The summed E-state index contributed by atoms with van der Waals surface area (Å²) >= 11 is 2.53. The molecule has 0 aromatic carbocycles. The van der Waals surface area contributed by atoms with Crippen LogP contribution in [0, 0.1) is 11.8 Å². The third kappa shape index (κ3) is 2.92. The van der Waals surface area contributed by atoms with Crippen LogP contribution in [0.25, 0.3) is 0 Å². The first-order valence-electron chi connectivity index (χ1n) is 6.89. The van der Waals surface area contributed by atoms with Gasteiger partial charge in [0, 0.05) is 4.43 Å². The maximum absolute atomic E-state index is 6.38. The maximum atomic E-state index is 6.38. The number of hydrogen-bond acceptors (Lipinski definition) is 1. The van der Waals surface area contributed by atoms with E-state index in [0.29, 0.717) is 6.10 Å². The molecule has 0 unspecified atom stereocenters. The normalized spacial score (nSPS) is 36.4. The Bertz CT molecular complexity index is 215. The summed E-state index contributed by atoms with van der Waals surface area (Å²) in [7, 11) is 0. The molecular formula is C14H25IO. The van der Waals surface area contributed by atoms with Crippen molar-refractivity contribution in [1.29, 1.82) is 0 Å². The summed E-state index contributed by atoms with van der Waals surface area (Å²) in [5, 5.41) is 0. The van der Waals surface area contributed by atoms with Gasteiger partial charge in [0.2, 0.25) is 0 Å². The summed E-state index contributed by atoms with van der Waals surface area (Å²) in [5.74, 6) is 1.80. The average molecular weight is 336 g/mol. The molecule has 2 fully saturated rings. The molecule has 16 heavy (non-hydrogen) atoms. The molecule has 1 nitrogen and oxygen atoms in total. The van der Waals surface area contributed by atoms with Crippen LogP contribution in [0.5, 0.6) is 0 Å². The fourth-order valence-electron chi connectivity index (χ4n) is 2.96. The lowest BCUT2D eigenvalue weighted by atomic mass is 9.75. The number of hydrogen-bond donors (Lipinski definition) is 0. The Hall–Kier alpha value is 0.690. The lowest BCUT2D eigenvalue weighted by Crippen LogP contribution is -2.44. The molecule has 0 spiro atoms. The number of ether oxygens (including phenoxy) is 1. The van der Waals surface area contributed by atoms with Crippen LogP contribution in [0.1, 0.15) is 58.8 Å². The van der Waals surface area contributed by atoms with E-state index >= 15 is 0 Å². The summed E-state index contributed by atoms with van der Waals surface area (Å²) in [6, 6.07) is 0. The van der Waals surface area contributed by atoms with Gasteiger partial charge in [-0.15, -0.1) is 0 Å². The van der Waals surface area contributed by atoms with E-state index in [4.69, 9.17) is 4.74 Å². The number of rotatable bonds is 4. The van der Waals surface area contributed by atoms with Gasteiger partial charge in [-0.2, -0.15) is 0 Å².